The largest absolute Gasteiger partial charge is 0.497 e. The molecule has 138 valence electrons. The molecule has 0 spiro atoms. The van der Waals surface area contributed by atoms with Crippen molar-refractivity contribution in [2.24, 2.45) is 0 Å². The van der Waals surface area contributed by atoms with Crippen molar-refractivity contribution in [2.75, 3.05) is 25.3 Å². The third-order valence-electron chi connectivity index (χ3n) is 3.66. The summed E-state index contributed by atoms with van der Waals surface area (Å²) in [6.45, 7) is 1.56. The predicted octanol–water partition coefficient (Wildman–Crippen LogP) is 3.15. The lowest BCUT2D eigenvalue weighted by Gasteiger charge is -2.09. The van der Waals surface area contributed by atoms with Crippen LogP contribution in [-0.4, -0.2) is 34.3 Å². The molecule has 0 aliphatic carbocycles. The van der Waals surface area contributed by atoms with Crippen LogP contribution in [0.1, 0.15) is 12.5 Å². The van der Waals surface area contributed by atoms with Crippen molar-refractivity contribution in [3.63, 3.8) is 0 Å². The topological polar surface area (TPSA) is 81.7 Å². The van der Waals surface area contributed by atoms with Crippen molar-refractivity contribution in [3.8, 4) is 11.5 Å². The molecule has 2 aromatic carbocycles. The Morgan fingerprint density at radius 3 is 2.27 bits per heavy atom. The van der Waals surface area contributed by atoms with Crippen LogP contribution < -0.4 is 14.8 Å². The summed E-state index contributed by atoms with van der Waals surface area (Å²) in [6.07, 6.45) is 2.92. The van der Waals surface area contributed by atoms with Crippen LogP contribution in [0.3, 0.4) is 0 Å². The number of hydrogen-bond acceptors (Lipinski definition) is 5. The smallest absolute Gasteiger partial charge is 0.248 e. The fourth-order valence-electron chi connectivity index (χ4n) is 2.27. The Morgan fingerprint density at radius 2 is 1.69 bits per heavy atom. The predicted molar refractivity (Wildman–Crippen MR) is 101 cm³/mol. The van der Waals surface area contributed by atoms with Gasteiger partial charge in [0.25, 0.3) is 0 Å². The number of anilines is 1. The normalized spacial score (nSPS) is 11.3. The maximum absolute atomic E-state index is 12.2. The second kappa shape index (κ2) is 8.53. The van der Waals surface area contributed by atoms with Crippen LogP contribution >= 0.6 is 0 Å². The zero-order valence-electron chi connectivity index (χ0n) is 14.9. The minimum atomic E-state index is -3.43. The number of hydrogen-bond donors (Lipinski definition) is 1. The molecule has 1 amide bonds. The fraction of sp³-hybridized carbons (Fsp3) is 0.211. The van der Waals surface area contributed by atoms with Gasteiger partial charge in [-0.15, -0.1) is 0 Å². The van der Waals surface area contributed by atoms with Crippen LogP contribution in [0.4, 0.5) is 5.69 Å². The maximum Gasteiger partial charge on any atom is 0.248 e. The Labute approximate surface area is 153 Å². The van der Waals surface area contributed by atoms with Crippen molar-refractivity contribution in [1.29, 1.82) is 0 Å². The zero-order chi connectivity index (χ0) is 19.2. The third-order valence-corrected chi connectivity index (χ3v) is 5.45. The Morgan fingerprint density at radius 1 is 1.08 bits per heavy atom. The van der Waals surface area contributed by atoms with E-state index in [1.807, 2.05) is 0 Å². The molecule has 0 atom stereocenters. The van der Waals surface area contributed by atoms with Crippen LogP contribution in [-0.2, 0) is 14.6 Å². The quantitative estimate of drug-likeness (QED) is 0.752. The number of carbonyl (C=O) groups excluding carboxylic acids is 1. The number of carbonyl (C=O) groups is 1. The summed E-state index contributed by atoms with van der Waals surface area (Å²) in [4.78, 5) is 12.3. The van der Waals surface area contributed by atoms with E-state index in [2.05, 4.69) is 5.32 Å². The van der Waals surface area contributed by atoms with E-state index in [9.17, 15) is 13.2 Å². The molecule has 26 heavy (non-hydrogen) atoms. The molecule has 6 nitrogen and oxygen atoms in total. The van der Waals surface area contributed by atoms with Gasteiger partial charge in [-0.1, -0.05) is 19.1 Å². The highest BCUT2D eigenvalue weighted by molar-refractivity contribution is 7.91. The standard InChI is InChI=1S/C19H21NO5S/c1-4-26(22,23)18-8-6-5-7-17(18)20-19(21)10-9-14-11-15(24-2)13-16(12-14)25-3/h5-13H,4H2,1-3H3,(H,20,21)/b10-9+. The van der Waals surface area contributed by atoms with E-state index in [1.54, 1.807) is 63.6 Å². The molecular formula is C19H21NO5S. The lowest BCUT2D eigenvalue weighted by Crippen LogP contribution is -2.13. The first kappa shape index (κ1) is 19.5. The van der Waals surface area contributed by atoms with E-state index in [0.717, 1.165) is 0 Å². The van der Waals surface area contributed by atoms with Gasteiger partial charge in [-0.25, -0.2) is 8.42 Å². The fourth-order valence-corrected chi connectivity index (χ4v) is 3.32. The van der Waals surface area contributed by atoms with Gasteiger partial charge in [-0.2, -0.15) is 0 Å². The van der Waals surface area contributed by atoms with E-state index in [-0.39, 0.29) is 16.3 Å². The van der Waals surface area contributed by atoms with Gasteiger partial charge < -0.3 is 14.8 Å². The average molecular weight is 375 g/mol. The molecule has 7 heteroatoms. The highest BCUT2D eigenvalue weighted by Gasteiger charge is 2.16. The van der Waals surface area contributed by atoms with Crippen molar-refractivity contribution in [2.45, 2.75) is 11.8 Å². The molecule has 0 heterocycles. The molecular weight excluding hydrogens is 354 g/mol. The number of sulfone groups is 1. The minimum Gasteiger partial charge on any atom is -0.497 e. The maximum atomic E-state index is 12.2. The SMILES string of the molecule is CCS(=O)(=O)c1ccccc1NC(=O)/C=C/c1cc(OC)cc(OC)c1. The van der Waals surface area contributed by atoms with Crippen LogP contribution in [0.25, 0.3) is 6.08 Å². The monoisotopic (exact) mass is 375 g/mol. The van der Waals surface area contributed by atoms with Gasteiger partial charge in [-0.05, 0) is 35.9 Å². The molecule has 0 aliphatic heterocycles. The summed E-state index contributed by atoms with van der Waals surface area (Å²) in [5.74, 6) is 0.720. The number of rotatable bonds is 7. The lowest BCUT2D eigenvalue weighted by atomic mass is 10.2. The summed E-state index contributed by atoms with van der Waals surface area (Å²) < 4.78 is 34.6. The lowest BCUT2D eigenvalue weighted by molar-refractivity contribution is -0.111. The Balaban J connectivity index is 2.21. The van der Waals surface area contributed by atoms with Crippen LogP contribution in [0.15, 0.2) is 53.4 Å². The van der Waals surface area contributed by atoms with E-state index >= 15 is 0 Å². The highest BCUT2D eigenvalue weighted by Crippen LogP contribution is 2.24. The number of nitrogens with one attached hydrogen (secondary N) is 1. The van der Waals surface area contributed by atoms with Gasteiger partial charge in [0, 0.05) is 12.1 Å². The van der Waals surface area contributed by atoms with E-state index in [4.69, 9.17) is 9.47 Å². The molecule has 0 bridgehead atoms. The third kappa shape index (κ3) is 4.86. The molecule has 0 aliphatic rings. The van der Waals surface area contributed by atoms with Crippen LogP contribution in [0, 0.1) is 0 Å². The number of amides is 1. The Kier molecular flexibility index (Phi) is 6.41. The summed E-state index contributed by atoms with van der Waals surface area (Å²) in [5, 5.41) is 2.61. The first-order valence-electron chi connectivity index (χ1n) is 7.93. The molecule has 0 radical (unpaired) electrons. The average Bonchev–Trinajstić information content (AvgIpc) is 2.66. The van der Waals surface area contributed by atoms with E-state index in [0.29, 0.717) is 17.1 Å². The van der Waals surface area contributed by atoms with Crippen LogP contribution in [0.2, 0.25) is 0 Å². The first-order valence-corrected chi connectivity index (χ1v) is 9.58. The zero-order valence-corrected chi connectivity index (χ0v) is 15.7. The van der Waals surface area contributed by atoms with Gasteiger partial charge in [0.1, 0.15) is 11.5 Å². The number of ether oxygens (including phenoxy) is 2. The molecule has 2 aromatic rings. The summed E-state index contributed by atoms with van der Waals surface area (Å²) >= 11 is 0. The molecule has 1 N–H and O–H groups in total. The van der Waals surface area contributed by atoms with E-state index in [1.165, 1.54) is 12.1 Å². The van der Waals surface area contributed by atoms with Crippen molar-refractivity contribution in [3.05, 3.63) is 54.1 Å². The molecule has 2 rings (SSSR count). The molecule has 0 aromatic heterocycles. The molecule has 0 saturated heterocycles. The molecule has 0 fully saturated rings. The minimum absolute atomic E-state index is 0.0423. The Hall–Kier alpha value is -2.80. The number of benzene rings is 2. The van der Waals surface area contributed by atoms with Crippen LogP contribution in [0.5, 0.6) is 11.5 Å². The summed E-state index contributed by atoms with van der Waals surface area (Å²) in [7, 11) is -0.348. The van der Waals surface area contributed by atoms with Gasteiger partial charge in [0.15, 0.2) is 9.84 Å². The second-order valence-electron chi connectivity index (χ2n) is 5.37. The number of methoxy groups -OCH3 is 2. The van der Waals surface area contributed by atoms with Crippen molar-refractivity contribution in [1.82, 2.24) is 0 Å². The number of para-hydroxylation sites is 1. The molecule has 0 unspecified atom stereocenters. The van der Waals surface area contributed by atoms with Gasteiger partial charge in [0.05, 0.1) is 30.6 Å². The second-order valence-corrected chi connectivity index (χ2v) is 7.61. The summed E-state index contributed by atoms with van der Waals surface area (Å²) in [5.41, 5.74) is 0.970. The van der Waals surface area contributed by atoms with Crippen molar-refractivity contribution >= 4 is 27.5 Å². The van der Waals surface area contributed by atoms with Gasteiger partial charge in [-0.3, -0.25) is 4.79 Å². The summed E-state index contributed by atoms with van der Waals surface area (Å²) in [6, 6.07) is 11.6. The first-order chi connectivity index (χ1) is 12.4. The van der Waals surface area contributed by atoms with Gasteiger partial charge >= 0.3 is 0 Å². The van der Waals surface area contributed by atoms with E-state index < -0.39 is 15.7 Å². The van der Waals surface area contributed by atoms with Gasteiger partial charge in [0.2, 0.25) is 5.91 Å². The Bertz CT molecular complexity index is 897. The van der Waals surface area contributed by atoms with Crippen molar-refractivity contribution < 1.29 is 22.7 Å². The highest BCUT2D eigenvalue weighted by atomic mass is 32.2. The molecule has 0 saturated carbocycles.